The smallest absolute Gasteiger partial charge is 0.221 e. The van der Waals surface area contributed by atoms with Crippen molar-refractivity contribution in [2.24, 2.45) is 0 Å². The third-order valence-corrected chi connectivity index (χ3v) is 2.27. The Labute approximate surface area is 99.1 Å². The van der Waals surface area contributed by atoms with Crippen LogP contribution in [-0.2, 0) is 9.53 Å². The summed E-state index contributed by atoms with van der Waals surface area (Å²) >= 11 is 0. The second-order valence-corrected chi connectivity index (χ2v) is 4.37. The molecule has 1 atom stereocenters. The zero-order valence-electron chi connectivity index (χ0n) is 11.0. The van der Waals surface area contributed by atoms with Crippen molar-refractivity contribution < 1.29 is 9.53 Å². The predicted octanol–water partition coefficient (Wildman–Crippen LogP) is 1.31. The zero-order valence-corrected chi connectivity index (χ0v) is 11.0. The summed E-state index contributed by atoms with van der Waals surface area (Å²) < 4.78 is 5.07. The van der Waals surface area contributed by atoms with Crippen LogP contribution in [0.4, 0.5) is 0 Å². The highest BCUT2D eigenvalue weighted by Gasteiger charge is 2.10. The highest BCUT2D eigenvalue weighted by atomic mass is 16.5. The number of rotatable bonds is 9. The van der Waals surface area contributed by atoms with Crippen molar-refractivity contribution in [1.82, 2.24) is 10.6 Å². The summed E-state index contributed by atoms with van der Waals surface area (Å²) in [6.45, 7) is 7.58. The minimum atomic E-state index is 0.101. The molecule has 0 aromatic carbocycles. The molecular weight excluding hydrogens is 204 g/mol. The fraction of sp³-hybridized carbons (Fsp3) is 0.917. The average Bonchev–Trinajstić information content (AvgIpc) is 2.17. The topological polar surface area (TPSA) is 50.4 Å². The Morgan fingerprint density at radius 3 is 2.56 bits per heavy atom. The highest BCUT2D eigenvalue weighted by Crippen LogP contribution is 1.97. The van der Waals surface area contributed by atoms with Crippen molar-refractivity contribution in [2.75, 3.05) is 20.3 Å². The van der Waals surface area contributed by atoms with Gasteiger partial charge < -0.3 is 15.4 Å². The summed E-state index contributed by atoms with van der Waals surface area (Å²) in [4.78, 5) is 11.6. The molecule has 1 unspecified atom stereocenters. The van der Waals surface area contributed by atoms with E-state index in [2.05, 4.69) is 31.4 Å². The van der Waals surface area contributed by atoms with Crippen molar-refractivity contribution >= 4 is 5.91 Å². The van der Waals surface area contributed by atoms with Gasteiger partial charge in [-0.05, 0) is 6.42 Å². The molecule has 96 valence electrons. The van der Waals surface area contributed by atoms with Crippen molar-refractivity contribution in [2.45, 2.75) is 52.1 Å². The zero-order chi connectivity index (χ0) is 12.4. The van der Waals surface area contributed by atoms with E-state index in [1.807, 2.05) is 0 Å². The SMILES string of the molecule is CCCC(COC)NC(=O)CCNC(C)C. The van der Waals surface area contributed by atoms with E-state index >= 15 is 0 Å². The van der Waals surface area contributed by atoms with Crippen LogP contribution in [-0.4, -0.2) is 38.3 Å². The Morgan fingerprint density at radius 1 is 1.38 bits per heavy atom. The van der Waals surface area contributed by atoms with E-state index in [4.69, 9.17) is 4.74 Å². The first-order valence-corrected chi connectivity index (χ1v) is 6.11. The molecule has 0 fully saturated rings. The van der Waals surface area contributed by atoms with Gasteiger partial charge in [0.15, 0.2) is 0 Å². The van der Waals surface area contributed by atoms with E-state index in [0.717, 1.165) is 19.4 Å². The number of carbonyl (C=O) groups excluding carboxylic acids is 1. The van der Waals surface area contributed by atoms with Crippen molar-refractivity contribution in [3.63, 3.8) is 0 Å². The quantitative estimate of drug-likeness (QED) is 0.628. The molecule has 0 bridgehead atoms. The predicted molar refractivity (Wildman–Crippen MR) is 66.5 cm³/mol. The molecule has 0 heterocycles. The molecule has 0 rings (SSSR count). The molecule has 4 nitrogen and oxygen atoms in total. The molecule has 0 saturated carbocycles. The number of ether oxygens (including phenoxy) is 1. The Morgan fingerprint density at radius 2 is 2.06 bits per heavy atom. The third-order valence-electron chi connectivity index (χ3n) is 2.27. The van der Waals surface area contributed by atoms with Crippen LogP contribution in [0.3, 0.4) is 0 Å². The highest BCUT2D eigenvalue weighted by molar-refractivity contribution is 5.76. The normalized spacial score (nSPS) is 12.8. The molecule has 0 saturated heterocycles. The van der Waals surface area contributed by atoms with Crippen molar-refractivity contribution in [3.05, 3.63) is 0 Å². The van der Waals surface area contributed by atoms with E-state index in [-0.39, 0.29) is 11.9 Å². The standard InChI is InChI=1S/C12H26N2O2/c1-5-6-11(9-16-4)14-12(15)7-8-13-10(2)3/h10-11,13H,5-9H2,1-4H3,(H,14,15). The molecule has 4 heteroatoms. The molecule has 0 aliphatic carbocycles. The second-order valence-electron chi connectivity index (χ2n) is 4.37. The summed E-state index contributed by atoms with van der Waals surface area (Å²) in [5, 5.41) is 6.21. The fourth-order valence-electron chi connectivity index (χ4n) is 1.52. The molecule has 0 spiro atoms. The van der Waals surface area contributed by atoms with Crippen LogP contribution in [0.1, 0.15) is 40.0 Å². The van der Waals surface area contributed by atoms with E-state index in [9.17, 15) is 4.79 Å². The van der Waals surface area contributed by atoms with Crippen LogP contribution < -0.4 is 10.6 Å². The molecule has 0 radical (unpaired) electrons. The minimum Gasteiger partial charge on any atom is -0.383 e. The fourth-order valence-corrected chi connectivity index (χ4v) is 1.52. The summed E-state index contributed by atoms with van der Waals surface area (Å²) in [6, 6.07) is 0.583. The lowest BCUT2D eigenvalue weighted by Crippen LogP contribution is -2.39. The first kappa shape index (κ1) is 15.4. The van der Waals surface area contributed by atoms with Crippen LogP contribution in [0.25, 0.3) is 0 Å². The van der Waals surface area contributed by atoms with Gasteiger partial charge in [0.1, 0.15) is 0 Å². The molecule has 0 aromatic heterocycles. The molecular formula is C12H26N2O2. The number of amides is 1. The van der Waals surface area contributed by atoms with Gasteiger partial charge in [-0.25, -0.2) is 0 Å². The maximum atomic E-state index is 11.6. The summed E-state index contributed by atoms with van der Waals surface area (Å²) in [6.07, 6.45) is 2.55. The number of hydrogen-bond donors (Lipinski definition) is 2. The Bertz CT molecular complexity index is 178. The Balaban J connectivity index is 3.72. The molecule has 0 aromatic rings. The van der Waals surface area contributed by atoms with Gasteiger partial charge in [0, 0.05) is 26.1 Å². The van der Waals surface area contributed by atoms with Crippen LogP contribution >= 0.6 is 0 Å². The van der Waals surface area contributed by atoms with Gasteiger partial charge in [-0.1, -0.05) is 27.2 Å². The van der Waals surface area contributed by atoms with Gasteiger partial charge >= 0.3 is 0 Å². The lowest BCUT2D eigenvalue weighted by molar-refractivity contribution is -0.122. The molecule has 1 amide bonds. The van der Waals surface area contributed by atoms with Gasteiger partial charge in [-0.15, -0.1) is 0 Å². The number of carbonyl (C=O) groups is 1. The summed E-state index contributed by atoms with van der Waals surface area (Å²) in [7, 11) is 1.66. The molecule has 16 heavy (non-hydrogen) atoms. The molecule has 0 aliphatic heterocycles. The van der Waals surface area contributed by atoms with E-state index in [1.165, 1.54) is 0 Å². The van der Waals surface area contributed by atoms with Crippen LogP contribution in [0.2, 0.25) is 0 Å². The van der Waals surface area contributed by atoms with E-state index in [1.54, 1.807) is 7.11 Å². The van der Waals surface area contributed by atoms with Crippen molar-refractivity contribution in [1.29, 1.82) is 0 Å². The average molecular weight is 230 g/mol. The van der Waals surface area contributed by atoms with Gasteiger partial charge in [-0.2, -0.15) is 0 Å². The first-order valence-electron chi connectivity index (χ1n) is 6.11. The largest absolute Gasteiger partial charge is 0.383 e. The summed E-state index contributed by atoms with van der Waals surface area (Å²) in [5.74, 6) is 0.101. The maximum Gasteiger partial charge on any atom is 0.221 e. The van der Waals surface area contributed by atoms with Crippen LogP contribution in [0, 0.1) is 0 Å². The van der Waals surface area contributed by atoms with Crippen LogP contribution in [0.5, 0.6) is 0 Å². The number of hydrogen-bond acceptors (Lipinski definition) is 3. The first-order chi connectivity index (χ1) is 7.60. The Hall–Kier alpha value is -0.610. The lowest BCUT2D eigenvalue weighted by atomic mass is 10.2. The van der Waals surface area contributed by atoms with Crippen molar-refractivity contribution in [3.8, 4) is 0 Å². The van der Waals surface area contributed by atoms with Gasteiger partial charge in [0.2, 0.25) is 5.91 Å². The monoisotopic (exact) mass is 230 g/mol. The van der Waals surface area contributed by atoms with Crippen LogP contribution in [0.15, 0.2) is 0 Å². The molecule has 0 aliphatic rings. The van der Waals surface area contributed by atoms with Gasteiger partial charge in [0.05, 0.1) is 12.6 Å². The minimum absolute atomic E-state index is 0.101. The lowest BCUT2D eigenvalue weighted by Gasteiger charge is -2.17. The van der Waals surface area contributed by atoms with Gasteiger partial charge in [-0.3, -0.25) is 4.79 Å². The Kier molecular flexibility index (Phi) is 9.24. The number of nitrogens with one attached hydrogen (secondary N) is 2. The second kappa shape index (κ2) is 9.60. The van der Waals surface area contributed by atoms with E-state index < -0.39 is 0 Å². The summed E-state index contributed by atoms with van der Waals surface area (Å²) in [5.41, 5.74) is 0. The van der Waals surface area contributed by atoms with E-state index in [0.29, 0.717) is 19.1 Å². The third kappa shape index (κ3) is 8.68. The maximum absolute atomic E-state index is 11.6. The van der Waals surface area contributed by atoms with Gasteiger partial charge in [0.25, 0.3) is 0 Å². The number of methoxy groups -OCH3 is 1. The molecule has 2 N–H and O–H groups in total.